The molecule has 2 amide bonds. The van der Waals surface area contributed by atoms with Gasteiger partial charge in [-0.2, -0.15) is 0 Å². The van der Waals surface area contributed by atoms with Gasteiger partial charge in [0.05, 0.1) is 12.0 Å². The number of nitrogens with zero attached hydrogens (tertiary/aromatic N) is 3. The molecule has 3 heterocycles. The summed E-state index contributed by atoms with van der Waals surface area (Å²) in [5.41, 5.74) is 2.58. The van der Waals surface area contributed by atoms with Crippen molar-refractivity contribution in [2.24, 2.45) is 7.05 Å². The second-order valence-electron chi connectivity index (χ2n) is 7.49. The van der Waals surface area contributed by atoms with E-state index in [1.54, 1.807) is 0 Å². The fourth-order valence-electron chi connectivity index (χ4n) is 4.27. The lowest BCUT2D eigenvalue weighted by molar-refractivity contribution is -0.131. The SMILES string of the molecule is Cc1cn(C)c(CC(=O)N2CCC[C@H]2C)c1C(=O)N1CCC[C@@H]1C. The van der Waals surface area contributed by atoms with E-state index in [4.69, 9.17) is 0 Å². The predicted molar refractivity (Wildman–Crippen MR) is 94.0 cm³/mol. The first-order valence-electron chi connectivity index (χ1n) is 9.15. The summed E-state index contributed by atoms with van der Waals surface area (Å²) < 4.78 is 1.96. The van der Waals surface area contributed by atoms with E-state index in [2.05, 4.69) is 13.8 Å². The maximum absolute atomic E-state index is 13.1. The molecular weight excluding hydrogens is 302 g/mol. The normalized spacial score (nSPS) is 24.0. The largest absolute Gasteiger partial charge is 0.353 e. The molecule has 24 heavy (non-hydrogen) atoms. The summed E-state index contributed by atoms with van der Waals surface area (Å²) in [6.07, 6.45) is 6.59. The van der Waals surface area contributed by atoms with Gasteiger partial charge in [0.2, 0.25) is 5.91 Å². The minimum Gasteiger partial charge on any atom is -0.353 e. The zero-order chi connectivity index (χ0) is 17.4. The molecule has 2 aliphatic rings. The van der Waals surface area contributed by atoms with Crippen molar-refractivity contribution in [1.29, 1.82) is 0 Å². The van der Waals surface area contributed by atoms with E-state index in [0.29, 0.717) is 18.5 Å². The van der Waals surface area contributed by atoms with Crippen molar-refractivity contribution in [2.45, 2.75) is 65.0 Å². The molecule has 0 saturated carbocycles. The molecule has 5 nitrogen and oxygen atoms in total. The number of hydrogen-bond acceptors (Lipinski definition) is 2. The number of amides is 2. The lowest BCUT2D eigenvalue weighted by Crippen LogP contribution is -2.37. The molecule has 0 N–H and O–H groups in total. The average molecular weight is 331 g/mol. The van der Waals surface area contributed by atoms with Gasteiger partial charge in [-0.1, -0.05) is 0 Å². The van der Waals surface area contributed by atoms with Gasteiger partial charge in [0, 0.05) is 44.1 Å². The second kappa shape index (κ2) is 6.61. The highest BCUT2D eigenvalue weighted by Crippen LogP contribution is 2.26. The number of likely N-dealkylation sites (tertiary alicyclic amines) is 2. The summed E-state index contributed by atoms with van der Waals surface area (Å²) in [6, 6.07) is 0.607. The van der Waals surface area contributed by atoms with E-state index in [0.717, 1.165) is 55.6 Å². The van der Waals surface area contributed by atoms with Gasteiger partial charge in [-0.3, -0.25) is 9.59 Å². The molecule has 132 valence electrons. The lowest BCUT2D eigenvalue weighted by atomic mass is 10.1. The molecule has 3 rings (SSSR count). The van der Waals surface area contributed by atoms with Crippen LogP contribution >= 0.6 is 0 Å². The molecule has 5 heteroatoms. The van der Waals surface area contributed by atoms with Crippen LogP contribution in [0.3, 0.4) is 0 Å². The maximum Gasteiger partial charge on any atom is 0.256 e. The summed E-state index contributed by atoms with van der Waals surface area (Å²) >= 11 is 0. The van der Waals surface area contributed by atoms with Gasteiger partial charge < -0.3 is 14.4 Å². The highest BCUT2D eigenvalue weighted by atomic mass is 16.2. The van der Waals surface area contributed by atoms with Gasteiger partial charge >= 0.3 is 0 Å². The number of hydrogen-bond donors (Lipinski definition) is 0. The minimum atomic E-state index is 0.0929. The summed E-state index contributed by atoms with van der Waals surface area (Å²) in [6.45, 7) is 7.86. The number of aromatic nitrogens is 1. The molecular formula is C19H29N3O2. The third-order valence-electron chi connectivity index (χ3n) is 5.72. The summed E-state index contributed by atoms with van der Waals surface area (Å²) in [5.74, 6) is 0.236. The van der Waals surface area contributed by atoms with Crippen LogP contribution in [0.15, 0.2) is 6.20 Å². The van der Waals surface area contributed by atoms with Gasteiger partial charge in [0.25, 0.3) is 5.91 Å². The Bertz CT molecular complexity index is 649. The quantitative estimate of drug-likeness (QED) is 0.854. The van der Waals surface area contributed by atoms with Crippen LogP contribution in [0.2, 0.25) is 0 Å². The van der Waals surface area contributed by atoms with E-state index in [-0.39, 0.29) is 11.8 Å². The standard InChI is InChI=1S/C19H29N3O2/c1-13-12-20(4)16(11-17(23)21-9-5-7-14(21)2)18(13)19(24)22-10-6-8-15(22)3/h12,14-15H,5-11H2,1-4H3/t14-,15+/m1/s1. The molecule has 2 fully saturated rings. The average Bonchev–Trinajstić information content (AvgIpc) is 3.19. The van der Waals surface area contributed by atoms with Gasteiger partial charge in [0.15, 0.2) is 0 Å². The van der Waals surface area contributed by atoms with Gasteiger partial charge in [-0.25, -0.2) is 0 Å². The first-order chi connectivity index (χ1) is 11.4. The van der Waals surface area contributed by atoms with Crippen LogP contribution in [-0.2, 0) is 18.3 Å². The molecule has 0 spiro atoms. The van der Waals surface area contributed by atoms with Crippen LogP contribution in [0.1, 0.15) is 61.1 Å². The van der Waals surface area contributed by atoms with Crippen LogP contribution in [0, 0.1) is 6.92 Å². The molecule has 2 aliphatic heterocycles. The second-order valence-corrected chi connectivity index (χ2v) is 7.49. The monoisotopic (exact) mass is 331 g/mol. The maximum atomic E-state index is 13.1. The van der Waals surface area contributed by atoms with Gasteiger partial charge in [0.1, 0.15) is 0 Å². The minimum absolute atomic E-state index is 0.0929. The third kappa shape index (κ3) is 2.96. The van der Waals surface area contributed by atoms with Crippen molar-refractivity contribution in [3.8, 4) is 0 Å². The van der Waals surface area contributed by atoms with Crippen LogP contribution in [0.25, 0.3) is 0 Å². The number of rotatable bonds is 3. The Labute approximate surface area is 144 Å². The van der Waals surface area contributed by atoms with Gasteiger partial charge in [-0.05, 0) is 52.0 Å². The smallest absolute Gasteiger partial charge is 0.256 e. The molecule has 0 bridgehead atoms. The Morgan fingerprint density at radius 2 is 1.67 bits per heavy atom. The van der Waals surface area contributed by atoms with Crippen molar-refractivity contribution in [3.05, 3.63) is 23.0 Å². The molecule has 0 unspecified atom stereocenters. The van der Waals surface area contributed by atoms with Crippen LogP contribution < -0.4 is 0 Å². The van der Waals surface area contributed by atoms with Crippen molar-refractivity contribution >= 4 is 11.8 Å². The molecule has 1 aromatic heterocycles. The Morgan fingerprint density at radius 1 is 1.08 bits per heavy atom. The Morgan fingerprint density at radius 3 is 2.21 bits per heavy atom. The van der Waals surface area contributed by atoms with Gasteiger partial charge in [-0.15, -0.1) is 0 Å². The summed E-state index contributed by atoms with van der Waals surface area (Å²) in [5, 5.41) is 0. The fourth-order valence-corrected chi connectivity index (χ4v) is 4.27. The summed E-state index contributed by atoms with van der Waals surface area (Å²) in [4.78, 5) is 29.7. The van der Waals surface area contributed by atoms with E-state index in [9.17, 15) is 9.59 Å². The lowest BCUT2D eigenvalue weighted by Gasteiger charge is -2.24. The van der Waals surface area contributed by atoms with Crippen LogP contribution in [-0.4, -0.2) is 51.4 Å². The van der Waals surface area contributed by atoms with Crippen molar-refractivity contribution in [2.75, 3.05) is 13.1 Å². The van der Waals surface area contributed by atoms with Crippen LogP contribution in [0.4, 0.5) is 0 Å². The summed E-state index contributed by atoms with van der Waals surface area (Å²) in [7, 11) is 1.94. The first kappa shape index (κ1) is 17.1. The number of carbonyl (C=O) groups excluding carboxylic acids is 2. The molecule has 0 aromatic carbocycles. The van der Waals surface area contributed by atoms with E-state index in [1.807, 2.05) is 34.5 Å². The van der Waals surface area contributed by atoms with E-state index < -0.39 is 0 Å². The van der Waals surface area contributed by atoms with Crippen LogP contribution in [0.5, 0.6) is 0 Å². The van der Waals surface area contributed by atoms with E-state index >= 15 is 0 Å². The molecule has 1 aromatic rings. The molecule has 2 atom stereocenters. The highest BCUT2D eigenvalue weighted by molar-refractivity contribution is 5.98. The topological polar surface area (TPSA) is 45.6 Å². The van der Waals surface area contributed by atoms with Crippen molar-refractivity contribution < 1.29 is 9.59 Å². The number of aryl methyl sites for hydroxylation is 2. The predicted octanol–water partition coefficient (Wildman–Crippen LogP) is 2.51. The first-order valence-corrected chi connectivity index (χ1v) is 9.15. The highest BCUT2D eigenvalue weighted by Gasteiger charge is 2.32. The molecule has 0 radical (unpaired) electrons. The number of carbonyl (C=O) groups is 2. The zero-order valence-electron chi connectivity index (χ0n) is 15.3. The van der Waals surface area contributed by atoms with Crippen molar-refractivity contribution in [3.63, 3.8) is 0 Å². The fraction of sp³-hybridized carbons (Fsp3) is 0.684. The Hall–Kier alpha value is -1.78. The zero-order valence-corrected chi connectivity index (χ0v) is 15.3. The Kier molecular flexibility index (Phi) is 4.70. The van der Waals surface area contributed by atoms with E-state index in [1.165, 1.54) is 0 Å². The molecule has 2 saturated heterocycles. The molecule has 0 aliphatic carbocycles. The van der Waals surface area contributed by atoms with Crippen molar-refractivity contribution in [1.82, 2.24) is 14.4 Å². The Balaban J connectivity index is 1.85. The third-order valence-corrected chi connectivity index (χ3v) is 5.72.